The van der Waals surface area contributed by atoms with Gasteiger partial charge in [0, 0.05) is 19.1 Å². The molecule has 1 heterocycles. The normalized spacial score (nSPS) is 25.8. The number of ether oxygens (including phenoxy) is 1. The lowest BCUT2D eigenvalue weighted by Gasteiger charge is -2.32. The molecule has 98 valence electrons. The maximum absolute atomic E-state index is 11.1. The number of likely N-dealkylation sites (tertiary alicyclic amines) is 1. The third-order valence-electron chi connectivity index (χ3n) is 3.74. The summed E-state index contributed by atoms with van der Waals surface area (Å²) in [5.74, 6) is 0.672. The molecule has 0 aromatic heterocycles. The van der Waals surface area contributed by atoms with E-state index in [9.17, 15) is 4.79 Å². The zero-order valence-electron chi connectivity index (χ0n) is 10.8. The zero-order valence-corrected chi connectivity index (χ0v) is 10.8. The number of carbonyl (C=O) groups is 1. The summed E-state index contributed by atoms with van der Waals surface area (Å²) < 4.78 is 4.68. The van der Waals surface area contributed by atoms with Crippen LogP contribution in [0.25, 0.3) is 0 Å². The molecular formula is C13H24N2O2. The number of hydrogen-bond acceptors (Lipinski definition) is 4. The van der Waals surface area contributed by atoms with Crippen molar-refractivity contribution in [1.29, 1.82) is 0 Å². The van der Waals surface area contributed by atoms with Crippen LogP contribution in [0.4, 0.5) is 0 Å². The molecule has 4 heteroatoms. The molecular weight excluding hydrogens is 216 g/mol. The molecule has 2 fully saturated rings. The standard InChI is InChI=1S/C13H24N2O2/c1-17-13(16)6-8-15-7-2-3-11(10-15)9-14-12-4-5-12/h11-12,14H,2-10H2,1H3. The highest BCUT2D eigenvalue weighted by Gasteiger charge is 2.24. The van der Waals surface area contributed by atoms with Crippen LogP contribution in [0, 0.1) is 5.92 Å². The highest BCUT2D eigenvalue weighted by Crippen LogP contribution is 2.21. The van der Waals surface area contributed by atoms with Crippen molar-refractivity contribution < 1.29 is 9.53 Å². The average molecular weight is 240 g/mol. The van der Waals surface area contributed by atoms with E-state index in [4.69, 9.17) is 0 Å². The number of esters is 1. The van der Waals surface area contributed by atoms with Gasteiger partial charge in [0.2, 0.25) is 0 Å². The van der Waals surface area contributed by atoms with E-state index in [-0.39, 0.29) is 5.97 Å². The highest BCUT2D eigenvalue weighted by molar-refractivity contribution is 5.69. The maximum Gasteiger partial charge on any atom is 0.306 e. The van der Waals surface area contributed by atoms with Crippen molar-refractivity contribution in [3.05, 3.63) is 0 Å². The molecule has 1 saturated heterocycles. The number of carbonyl (C=O) groups excluding carboxylic acids is 1. The van der Waals surface area contributed by atoms with Crippen molar-refractivity contribution in [2.75, 3.05) is 33.3 Å². The molecule has 1 unspecified atom stereocenters. The van der Waals surface area contributed by atoms with Crippen molar-refractivity contribution in [3.63, 3.8) is 0 Å². The molecule has 0 radical (unpaired) electrons. The fourth-order valence-electron chi connectivity index (χ4n) is 2.49. The summed E-state index contributed by atoms with van der Waals surface area (Å²) >= 11 is 0. The monoisotopic (exact) mass is 240 g/mol. The van der Waals surface area contributed by atoms with Gasteiger partial charge in [-0.3, -0.25) is 4.79 Å². The van der Waals surface area contributed by atoms with E-state index in [1.807, 2.05) is 0 Å². The Morgan fingerprint density at radius 3 is 2.94 bits per heavy atom. The molecule has 2 aliphatic rings. The maximum atomic E-state index is 11.1. The minimum absolute atomic E-state index is 0.0942. The van der Waals surface area contributed by atoms with Gasteiger partial charge in [-0.15, -0.1) is 0 Å². The topological polar surface area (TPSA) is 41.6 Å². The first-order valence-electron chi connectivity index (χ1n) is 6.80. The van der Waals surface area contributed by atoms with Gasteiger partial charge in [-0.2, -0.15) is 0 Å². The van der Waals surface area contributed by atoms with Crippen LogP contribution in [0.3, 0.4) is 0 Å². The van der Waals surface area contributed by atoms with Crippen LogP contribution in [0.5, 0.6) is 0 Å². The Hall–Kier alpha value is -0.610. The van der Waals surface area contributed by atoms with Crippen LogP contribution in [-0.2, 0) is 9.53 Å². The second-order valence-corrected chi connectivity index (χ2v) is 5.32. The second kappa shape index (κ2) is 6.36. The summed E-state index contributed by atoms with van der Waals surface area (Å²) in [6.45, 7) is 4.28. The van der Waals surface area contributed by atoms with Crippen molar-refractivity contribution in [2.24, 2.45) is 5.92 Å². The molecule has 2 rings (SSSR count). The predicted octanol–water partition coefficient (Wildman–Crippen LogP) is 1.01. The van der Waals surface area contributed by atoms with Gasteiger partial charge in [-0.25, -0.2) is 0 Å². The van der Waals surface area contributed by atoms with Gasteiger partial charge in [0.25, 0.3) is 0 Å². The van der Waals surface area contributed by atoms with E-state index < -0.39 is 0 Å². The van der Waals surface area contributed by atoms with E-state index in [1.54, 1.807) is 0 Å². The predicted molar refractivity (Wildman–Crippen MR) is 66.8 cm³/mol. The van der Waals surface area contributed by atoms with Gasteiger partial charge < -0.3 is 15.0 Å². The molecule has 4 nitrogen and oxygen atoms in total. The summed E-state index contributed by atoms with van der Waals surface area (Å²) in [7, 11) is 1.46. The van der Waals surface area contributed by atoms with Crippen molar-refractivity contribution >= 4 is 5.97 Å². The summed E-state index contributed by atoms with van der Waals surface area (Å²) in [5.41, 5.74) is 0. The molecule has 1 N–H and O–H groups in total. The lowest BCUT2D eigenvalue weighted by Crippen LogP contribution is -2.40. The third kappa shape index (κ3) is 4.64. The van der Waals surface area contributed by atoms with Crippen molar-refractivity contribution in [1.82, 2.24) is 10.2 Å². The van der Waals surface area contributed by atoms with E-state index >= 15 is 0 Å². The second-order valence-electron chi connectivity index (χ2n) is 5.32. The number of hydrogen-bond donors (Lipinski definition) is 1. The molecule has 0 bridgehead atoms. The summed E-state index contributed by atoms with van der Waals surface area (Å²) in [6.07, 6.45) is 5.84. The number of nitrogens with one attached hydrogen (secondary N) is 1. The summed E-state index contributed by atoms with van der Waals surface area (Å²) in [6, 6.07) is 0.806. The Balaban J connectivity index is 1.62. The van der Waals surface area contributed by atoms with Crippen LogP contribution in [-0.4, -0.2) is 50.2 Å². The molecule has 0 aromatic rings. The van der Waals surface area contributed by atoms with E-state index in [0.717, 1.165) is 38.1 Å². The molecule has 1 aliphatic carbocycles. The highest BCUT2D eigenvalue weighted by atomic mass is 16.5. The van der Waals surface area contributed by atoms with Crippen LogP contribution in [0.1, 0.15) is 32.1 Å². The Bertz CT molecular complexity index is 254. The largest absolute Gasteiger partial charge is 0.469 e. The van der Waals surface area contributed by atoms with Gasteiger partial charge in [0.05, 0.1) is 13.5 Å². The minimum Gasteiger partial charge on any atom is -0.469 e. The Morgan fingerprint density at radius 2 is 2.24 bits per heavy atom. The van der Waals surface area contributed by atoms with Crippen LogP contribution < -0.4 is 5.32 Å². The van der Waals surface area contributed by atoms with Crippen molar-refractivity contribution in [3.8, 4) is 0 Å². The van der Waals surface area contributed by atoms with Gasteiger partial charge in [-0.1, -0.05) is 0 Å². The zero-order chi connectivity index (χ0) is 12.1. The van der Waals surface area contributed by atoms with Gasteiger partial charge >= 0.3 is 5.97 Å². The van der Waals surface area contributed by atoms with Gasteiger partial charge in [0.1, 0.15) is 0 Å². The number of nitrogens with zero attached hydrogens (tertiary/aromatic N) is 1. The first kappa shape index (κ1) is 12.8. The molecule has 1 aliphatic heterocycles. The fourth-order valence-corrected chi connectivity index (χ4v) is 2.49. The molecule has 1 saturated carbocycles. The van der Waals surface area contributed by atoms with Crippen LogP contribution >= 0.6 is 0 Å². The van der Waals surface area contributed by atoms with E-state index in [0.29, 0.717) is 6.42 Å². The average Bonchev–Trinajstić information content (AvgIpc) is 3.18. The third-order valence-corrected chi connectivity index (χ3v) is 3.74. The molecule has 0 spiro atoms. The smallest absolute Gasteiger partial charge is 0.306 e. The molecule has 0 amide bonds. The van der Waals surface area contributed by atoms with Crippen LogP contribution in [0.15, 0.2) is 0 Å². The van der Waals surface area contributed by atoms with Gasteiger partial charge in [0.15, 0.2) is 0 Å². The fraction of sp³-hybridized carbons (Fsp3) is 0.923. The molecule has 17 heavy (non-hydrogen) atoms. The van der Waals surface area contributed by atoms with Crippen molar-refractivity contribution in [2.45, 2.75) is 38.1 Å². The summed E-state index contributed by atoms with van der Waals surface area (Å²) in [4.78, 5) is 13.5. The first-order chi connectivity index (χ1) is 8.28. The Kier molecular flexibility index (Phi) is 4.80. The summed E-state index contributed by atoms with van der Waals surface area (Å²) in [5, 5.41) is 3.60. The lowest BCUT2D eigenvalue weighted by molar-refractivity contribution is -0.141. The van der Waals surface area contributed by atoms with Gasteiger partial charge in [-0.05, 0) is 44.7 Å². The quantitative estimate of drug-likeness (QED) is 0.704. The van der Waals surface area contributed by atoms with Crippen LogP contribution in [0.2, 0.25) is 0 Å². The molecule has 1 atom stereocenters. The van der Waals surface area contributed by atoms with E-state index in [1.165, 1.54) is 32.8 Å². The number of rotatable bonds is 6. The first-order valence-corrected chi connectivity index (χ1v) is 6.80. The Labute approximate surface area is 104 Å². The molecule has 0 aromatic carbocycles. The SMILES string of the molecule is COC(=O)CCN1CCCC(CNC2CC2)C1. The van der Waals surface area contributed by atoms with E-state index in [2.05, 4.69) is 15.0 Å². The number of piperidine rings is 1. The number of methoxy groups -OCH3 is 1. The lowest BCUT2D eigenvalue weighted by atomic mass is 9.98. The minimum atomic E-state index is -0.0942. The Morgan fingerprint density at radius 1 is 1.41 bits per heavy atom.